The summed E-state index contributed by atoms with van der Waals surface area (Å²) in [5.74, 6) is 0. The molecule has 0 fully saturated rings. The molecular weight excluding hydrogens is 232 g/mol. The van der Waals surface area contributed by atoms with Crippen molar-refractivity contribution in [2.24, 2.45) is 0 Å². The molecule has 0 spiro atoms. The molecule has 0 bridgehead atoms. The van der Waals surface area contributed by atoms with Crippen LogP contribution in [0.2, 0.25) is 0 Å². The van der Waals surface area contributed by atoms with Crippen molar-refractivity contribution in [3.05, 3.63) is 71.7 Å². The number of nitrogens with zero attached hydrogens (tertiary/aromatic N) is 2. The molecule has 2 heterocycles. The zero-order chi connectivity index (χ0) is 13.4. The lowest BCUT2D eigenvalue weighted by molar-refractivity contribution is 0.618. The molecule has 0 saturated heterocycles. The van der Waals surface area contributed by atoms with Crippen LogP contribution in [-0.2, 0) is 0 Å². The number of hydrogen-bond donors (Lipinski definition) is 0. The molecule has 3 rings (SSSR count). The molecule has 2 nitrogen and oxygen atoms in total. The first-order valence-corrected chi connectivity index (χ1v) is 6.58. The van der Waals surface area contributed by atoms with E-state index in [4.69, 9.17) is 0 Å². The van der Waals surface area contributed by atoms with Crippen molar-refractivity contribution in [1.29, 1.82) is 0 Å². The van der Waals surface area contributed by atoms with E-state index in [1.807, 2.05) is 0 Å². The Labute approximate surface area is 113 Å². The highest BCUT2D eigenvalue weighted by molar-refractivity contribution is 5.61. The largest absolute Gasteiger partial charge is 0.258 e. The molecule has 96 valence electrons. The van der Waals surface area contributed by atoms with Crippen molar-refractivity contribution >= 4 is 0 Å². The fraction of sp³-hybridized carbons (Fsp3) is 0.176. The summed E-state index contributed by atoms with van der Waals surface area (Å²) in [4.78, 5) is 0. The molecule has 0 saturated carbocycles. The molecule has 3 aromatic rings. The van der Waals surface area contributed by atoms with E-state index in [1.54, 1.807) is 0 Å². The molecule has 0 atom stereocenters. The summed E-state index contributed by atoms with van der Waals surface area (Å²) in [6.07, 6.45) is 0. The van der Waals surface area contributed by atoms with Crippen LogP contribution >= 0.6 is 0 Å². The third kappa shape index (κ3) is 1.89. The first-order valence-electron chi connectivity index (χ1n) is 6.58. The Bertz CT molecular complexity index is 683. The summed E-state index contributed by atoms with van der Waals surface area (Å²) in [6, 6.07) is 19.2. The first kappa shape index (κ1) is 11.8. The minimum absolute atomic E-state index is 1.22. The average Bonchev–Trinajstić information content (AvgIpc) is 2.94. The van der Waals surface area contributed by atoms with Crippen LogP contribution in [0.15, 0.2) is 54.6 Å². The van der Waals surface area contributed by atoms with Crippen LogP contribution in [0.3, 0.4) is 0 Å². The molecule has 0 aliphatic rings. The Balaban J connectivity index is 2.26. The van der Waals surface area contributed by atoms with E-state index < -0.39 is 0 Å². The van der Waals surface area contributed by atoms with Crippen LogP contribution in [0.25, 0.3) is 11.3 Å². The molecule has 0 amide bonds. The van der Waals surface area contributed by atoms with Gasteiger partial charge in [-0.3, -0.25) is 9.35 Å². The first-order chi connectivity index (χ1) is 9.18. The maximum absolute atomic E-state index is 2.28. The molecular formula is C17H18N2. The van der Waals surface area contributed by atoms with Crippen LogP contribution in [0.4, 0.5) is 0 Å². The Kier molecular flexibility index (Phi) is 2.79. The Morgan fingerprint density at radius 3 is 1.74 bits per heavy atom. The van der Waals surface area contributed by atoms with Crippen LogP contribution in [0.1, 0.15) is 17.1 Å². The molecule has 0 radical (unpaired) electrons. The maximum Gasteiger partial charge on any atom is 0.0705 e. The zero-order valence-corrected chi connectivity index (χ0v) is 11.6. The molecule has 0 aliphatic heterocycles. The highest BCUT2D eigenvalue weighted by atomic mass is 15.5. The van der Waals surface area contributed by atoms with Crippen molar-refractivity contribution in [2.75, 3.05) is 0 Å². The van der Waals surface area contributed by atoms with Crippen molar-refractivity contribution in [3.8, 4) is 11.3 Å². The molecule has 19 heavy (non-hydrogen) atoms. The highest BCUT2D eigenvalue weighted by Gasteiger charge is 2.11. The Morgan fingerprint density at radius 1 is 0.579 bits per heavy atom. The smallest absolute Gasteiger partial charge is 0.0705 e. The average molecular weight is 250 g/mol. The van der Waals surface area contributed by atoms with Gasteiger partial charge in [-0.25, -0.2) is 0 Å². The van der Waals surface area contributed by atoms with Gasteiger partial charge in [0.05, 0.1) is 5.69 Å². The summed E-state index contributed by atoms with van der Waals surface area (Å²) in [7, 11) is 0. The summed E-state index contributed by atoms with van der Waals surface area (Å²) in [6.45, 7) is 6.42. The second kappa shape index (κ2) is 4.47. The van der Waals surface area contributed by atoms with Crippen molar-refractivity contribution < 1.29 is 0 Å². The van der Waals surface area contributed by atoms with E-state index in [-0.39, 0.29) is 0 Å². The van der Waals surface area contributed by atoms with Gasteiger partial charge in [0.2, 0.25) is 0 Å². The van der Waals surface area contributed by atoms with Crippen molar-refractivity contribution in [1.82, 2.24) is 9.35 Å². The van der Waals surface area contributed by atoms with E-state index in [0.717, 1.165) is 0 Å². The van der Waals surface area contributed by atoms with Gasteiger partial charge < -0.3 is 0 Å². The Morgan fingerprint density at radius 2 is 1.11 bits per heavy atom. The minimum atomic E-state index is 1.22. The predicted molar refractivity (Wildman–Crippen MR) is 79.3 cm³/mol. The quantitative estimate of drug-likeness (QED) is 0.645. The lowest BCUT2D eigenvalue weighted by atomic mass is 10.2. The van der Waals surface area contributed by atoms with Crippen LogP contribution in [-0.4, -0.2) is 9.35 Å². The molecule has 0 unspecified atom stereocenters. The van der Waals surface area contributed by atoms with Gasteiger partial charge in [-0.1, -0.05) is 30.3 Å². The molecule has 1 aromatic carbocycles. The summed E-state index contributed by atoms with van der Waals surface area (Å²) in [5, 5.41) is 0. The third-order valence-electron chi connectivity index (χ3n) is 3.55. The summed E-state index contributed by atoms with van der Waals surface area (Å²) < 4.78 is 4.54. The van der Waals surface area contributed by atoms with Crippen LogP contribution < -0.4 is 0 Å². The topological polar surface area (TPSA) is 9.86 Å². The van der Waals surface area contributed by atoms with Crippen molar-refractivity contribution in [2.45, 2.75) is 20.8 Å². The van der Waals surface area contributed by atoms with Gasteiger partial charge >= 0.3 is 0 Å². The zero-order valence-electron chi connectivity index (χ0n) is 11.6. The fourth-order valence-corrected chi connectivity index (χ4v) is 2.60. The van der Waals surface area contributed by atoms with Gasteiger partial charge in [0.1, 0.15) is 0 Å². The standard InChI is InChI=1S/C17H18N2/c1-13-9-10-14(2)18(13)19-15(3)11-12-17(19)16-7-5-4-6-8-16/h4-12H,1-3H3. The van der Waals surface area contributed by atoms with Gasteiger partial charge in [0, 0.05) is 22.6 Å². The number of aromatic nitrogens is 2. The molecule has 0 N–H and O–H groups in total. The number of rotatable bonds is 2. The van der Waals surface area contributed by atoms with Gasteiger partial charge in [-0.2, -0.15) is 0 Å². The van der Waals surface area contributed by atoms with Crippen LogP contribution in [0.5, 0.6) is 0 Å². The normalized spacial score (nSPS) is 10.9. The monoisotopic (exact) mass is 250 g/mol. The minimum Gasteiger partial charge on any atom is -0.258 e. The summed E-state index contributed by atoms with van der Waals surface area (Å²) >= 11 is 0. The predicted octanol–water partition coefficient (Wildman–Crippen LogP) is 4.19. The van der Waals surface area contributed by atoms with Gasteiger partial charge in [-0.05, 0) is 45.0 Å². The number of hydrogen-bond acceptors (Lipinski definition) is 0. The molecule has 0 aliphatic carbocycles. The van der Waals surface area contributed by atoms with Gasteiger partial charge in [-0.15, -0.1) is 0 Å². The van der Waals surface area contributed by atoms with E-state index in [0.29, 0.717) is 0 Å². The third-order valence-corrected chi connectivity index (χ3v) is 3.55. The summed E-state index contributed by atoms with van der Waals surface area (Å²) in [5.41, 5.74) is 6.19. The van der Waals surface area contributed by atoms with Gasteiger partial charge in [0.25, 0.3) is 0 Å². The van der Waals surface area contributed by atoms with E-state index >= 15 is 0 Å². The second-order valence-electron chi connectivity index (χ2n) is 4.97. The SMILES string of the molecule is Cc1ccc(C)n1-n1c(C)ccc1-c1ccccc1. The van der Waals surface area contributed by atoms with E-state index in [2.05, 4.69) is 84.7 Å². The number of benzene rings is 1. The highest BCUT2D eigenvalue weighted by Crippen LogP contribution is 2.24. The van der Waals surface area contributed by atoms with Crippen molar-refractivity contribution in [3.63, 3.8) is 0 Å². The molecule has 2 aromatic heterocycles. The second-order valence-corrected chi connectivity index (χ2v) is 4.97. The van der Waals surface area contributed by atoms with Gasteiger partial charge in [0.15, 0.2) is 0 Å². The Hall–Kier alpha value is -2.22. The lowest BCUT2D eigenvalue weighted by Crippen LogP contribution is -2.15. The van der Waals surface area contributed by atoms with E-state index in [9.17, 15) is 0 Å². The fourth-order valence-electron chi connectivity index (χ4n) is 2.60. The number of aryl methyl sites for hydroxylation is 3. The molecule has 2 heteroatoms. The maximum atomic E-state index is 2.28. The van der Waals surface area contributed by atoms with E-state index in [1.165, 1.54) is 28.3 Å². The lowest BCUT2D eigenvalue weighted by Gasteiger charge is -2.17. The van der Waals surface area contributed by atoms with Crippen LogP contribution in [0, 0.1) is 20.8 Å².